The molecule has 0 saturated heterocycles. The third-order valence-electron chi connectivity index (χ3n) is 6.54. The van der Waals surface area contributed by atoms with Crippen molar-refractivity contribution in [1.82, 2.24) is 0 Å². The molecule has 0 atom stereocenters. The van der Waals surface area contributed by atoms with Gasteiger partial charge in [-0.15, -0.1) is 22.1 Å². The van der Waals surface area contributed by atoms with Gasteiger partial charge >= 0.3 is 0 Å². The molecule has 0 aliphatic heterocycles. The second-order valence-corrected chi connectivity index (χ2v) is 13.1. The first-order valence-corrected chi connectivity index (χ1v) is 15.0. The molecule has 0 amide bonds. The molecule has 5 aromatic carbocycles. The Hall–Kier alpha value is -3.36. The Morgan fingerprint density at radius 3 is 1.36 bits per heavy atom. The van der Waals surface area contributed by atoms with Crippen LogP contribution in [0.5, 0.6) is 0 Å². The van der Waals surface area contributed by atoms with E-state index < -0.39 is 7.26 Å². The monoisotopic (exact) mass is 611 g/mol. The molecule has 0 saturated carbocycles. The lowest BCUT2D eigenvalue weighted by Gasteiger charge is -2.27. The molecule has 0 aromatic heterocycles. The Bertz CT molecular complexity index is 1430. The van der Waals surface area contributed by atoms with Gasteiger partial charge in [-0.25, -0.2) is 0 Å². The van der Waals surface area contributed by atoms with Crippen molar-refractivity contribution in [1.29, 1.82) is 0 Å². The highest BCUT2D eigenvalue weighted by molar-refractivity contribution is 8.93. The molecule has 0 unspecified atom stereocenters. The molecule has 194 valence electrons. The summed E-state index contributed by atoms with van der Waals surface area (Å²) in [6, 6.07) is 50.5. The van der Waals surface area contributed by atoms with Gasteiger partial charge in [0.25, 0.3) is 0 Å². The van der Waals surface area contributed by atoms with E-state index in [1.54, 1.807) is 0 Å². The molecule has 0 fully saturated rings. The summed E-state index contributed by atoms with van der Waals surface area (Å²) < 4.78 is 0. The molecule has 0 radical (unpaired) electrons. The zero-order valence-corrected chi connectivity index (χ0v) is 25.1. The lowest BCUT2D eigenvalue weighted by atomic mass is 10.0. The average Bonchev–Trinajstić information content (AvgIpc) is 2.99. The lowest BCUT2D eigenvalue weighted by Crippen LogP contribution is -2.35. The van der Waals surface area contributed by atoms with E-state index in [0.717, 1.165) is 28.7 Å². The highest BCUT2D eigenvalue weighted by atomic mass is 79.9. The first-order valence-electron chi connectivity index (χ1n) is 12.6. The van der Waals surface area contributed by atoms with Gasteiger partial charge < -0.3 is 0 Å². The van der Waals surface area contributed by atoms with E-state index >= 15 is 0 Å². The number of hydrogen-bond acceptors (Lipinski definition) is 2. The number of hydrogen-bond donors (Lipinski definition) is 0. The third kappa shape index (κ3) is 6.62. The molecular formula is C34H30BrClN2P+. The third-order valence-corrected chi connectivity index (χ3v) is 11.3. The molecule has 5 rings (SSSR count). The van der Waals surface area contributed by atoms with E-state index in [1.807, 2.05) is 42.5 Å². The molecular weight excluding hydrogens is 583 g/mol. The Balaban J connectivity index is 0.00000353. The van der Waals surface area contributed by atoms with Crippen LogP contribution in [0.1, 0.15) is 18.1 Å². The summed E-state index contributed by atoms with van der Waals surface area (Å²) in [7, 11) is -2.04. The van der Waals surface area contributed by atoms with Crippen molar-refractivity contribution >= 4 is 63.2 Å². The van der Waals surface area contributed by atoms with Crippen LogP contribution in [0.15, 0.2) is 156 Å². The van der Waals surface area contributed by atoms with Crippen LogP contribution < -0.4 is 15.9 Å². The van der Waals surface area contributed by atoms with Gasteiger partial charge in [0.15, 0.2) is 0 Å². The maximum Gasteiger partial charge on any atom is 0.117 e. The van der Waals surface area contributed by atoms with Gasteiger partial charge in [-0.2, -0.15) is 5.10 Å². The molecule has 0 heterocycles. The summed E-state index contributed by atoms with van der Waals surface area (Å²) in [5, 5.41) is 14.4. The molecule has 39 heavy (non-hydrogen) atoms. The fraction of sp³-hybridized carbons (Fsp3) is 0.0588. The van der Waals surface area contributed by atoms with Gasteiger partial charge in [-0.05, 0) is 55.5 Å². The fourth-order valence-electron chi connectivity index (χ4n) is 4.76. The highest BCUT2D eigenvalue weighted by Crippen LogP contribution is 2.55. The SMILES string of the molecule is Br.C/C(C[P+](c1ccccc1)(c1ccccc1)c1ccccc1)=N\N=C(c1ccccc1)c1ccc(Cl)cc1. The van der Waals surface area contributed by atoms with Crippen LogP contribution in [0.4, 0.5) is 0 Å². The predicted octanol–water partition coefficient (Wildman–Crippen LogP) is 8.13. The van der Waals surface area contributed by atoms with Crippen LogP contribution in [-0.4, -0.2) is 17.6 Å². The molecule has 2 nitrogen and oxygen atoms in total. The Morgan fingerprint density at radius 2 is 0.923 bits per heavy atom. The quantitative estimate of drug-likeness (QED) is 0.0961. The zero-order chi connectivity index (χ0) is 26.2. The summed E-state index contributed by atoms with van der Waals surface area (Å²) in [6.07, 6.45) is 0.789. The lowest BCUT2D eigenvalue weighted by molar-refractivity contribution is 1.22. The van der Waals surface area contributed by atoms with Gasteiger partial charge in [0, 0.05) is 16.1 Å². The normalized spacial score (nSPS) is 12.1. The van der Waals surface area contributed by atoms with E-state index in [0.29, 0.717) is 5.02 Å². The molecule has 5 aromatic rings. The van der Waals surface area contributed by atoms with Crippen molar-refractivity contribution in [2.75, 3.05) is 6.16 Å². The Morgan fingerprint density at radius 1 is 0.538 bits per heavy atom. The summed E-state index contributed by atoms with van der Waals surface area (Å²) in [5.41, 5.74) is 3.80. The van der Waals surface area contributed by atoms with Crippen molar-refractivity contribution in [3.63, 3.8) is 0 Å². The summed E-state index contributed by atoms with van der Waals surface area (Å²) in [5.74, 6) is 0. The van der Waals surface area contributed by atoms with E-state index in [-0.39, 0.29) is 17.0 Å². The first kappa shape index (κ1) is 28.6. The van der Waals surface area contributed by atoms with Crippen LogP contribution >= 0.6 is 35.8 Å². The smallest absolute Gasteiger partial charge is 0.117 e. The van der Waals surface area contributed by atoms with E-state index in [2.05, 4.69) is 110 Å². The van der Waals surface area contributed by atoms with Crippen LogP contribution in [-0.2, 0) is 0 Å². The summed E-state index contributed by atoms with van der Waals surface area (Å²) in [6.45, 7) is 2.09. The molecule has 0 spiro atoms. The summed E-state index contributed by atoms with van der Waals surface area (Å²) in [4.78, 5) is 0. The second-order valence-electron chi connectivity index (χ2n) is 9.13. The maximum atomic E-state index is 6.17. The number of rotatable bonds is 8. The molecule has 0 bridgehead atoms. The number of nitrogens with zero attached hydrogens (tertiary/aromatic N) is 2. The number of halogens is 2. The van der Waals surface area contributed by atoms with Gasteiger partial charge in [0.05, 0.1) is 5.71 Å². The topological polar surface area (TPSA) is 24.7 Å². The van der Waals surface area contributed by atoms with Crippen molar-refractivity contribution in [2.24, 2.45) is 10.2 Å². The molecule has 5 heteroatoms. The predicted molar refractivity (Wildman–Crippen MR) is 177 cm³/mol. The largest absolute Gasteiger partial charge is 0.156 e. The Kier molecular flexibility index (Phi) is 10.0. The van der Waals surface area contributed by atoms with Crippen LogP contribution in [0.25, 0.3) is 0 Å². The van der Waals surface area contributed by atoms with Gasteiger partial charge in [0.1, 0.15) is 35.0 Å². The van der Waals surface area contributed by atoms with E-state index in [4.69, 9.17) is 21.8 Å². The van der Waals surface area contributed by atoms with Crippen LogP contribution in [0.2, 0.25) is 5.02 Å². The highest BCUT2D eigenvalue weighted by Gasteiger charge is 2.45. The molecule has 0 aliphatic rings. The minimum atomic E-state index is -2.04. The van der Waals surface area contributed by atoms with Gasteiger partial charge in [-0.3, -0.25) is 0 Å². The molecule has 0 N–H and O–H groups in total. The van der Waals surface area contributed by atoms with E-state index in [9.17, 15) is 0 Å². The molecule has 0 aliphatic carbocycles. The minimum absolute atomic E-state index is 0. The van der Waals surface area contributed by atoms with Gasteiger partial charge in [0.2, 0.25) is 0 Å². The van der Waals surface area contributed by atoms with Crippen molar-refractivity contribution < 1.29 is 0 Å². The first-order chi connectivity index (χ1) is 18.7. The minimum Gasteiger partial charge on any atom is -0.156 e. The maximum absolute atomic E-state index is 6.17. The summed E-state index contributed by atoms with van der Waals surface area (Å²) >= 11 is 6.17. The van der Waals surface area contributed by atoms with Gasteiger partial charge in [-0.1, -0.05) is 109 Å². The van der Waals surface area contributed by atoms with Crippen LogP contribution in [0, 0.1) is 0 Å². The fourth-order valence-corrected chi connectivity index (χ4v) is 9.13. The van der Waals surface area contributed by atoms with Crippen LogP contribution in [0.3, 0.4) is 0 Å². The van der Waals surface area contributed by atoms with Crippen molar-refractivity contribution in [2.45, 2.75) is 6.92 Å². The zero-order valence-electron chi connectivity index (χ0n) is 21.7. The standard InChI is InChI=1S/C34H29ClN2P.BrH/c1-27(36-37-34(28-14-6-2-7-15-28)29-22-24-30(35)25-23-29)26-38(31-16-8-3-9-17-31,32-18-10-4-11-19-32)33-20-12-5-13-21-33;/h2-25H,26H2,1H3;1H/q+1;/b36-27+,37-34?;. The Labute approximate surface area is 247 Å². The average molecular weight is 613 g/mol. The second kappa shape index (κ2) is 13.6. The van der Waals surface area contributed by atoms with E-state index in [1.165, 1.54) is 15.9 Å². The van der Waals surface area contributed by atoms with Crippen molar-refractivity contribution in [3.05, 3.63) is 162 Å². The van der Waals surface area contributed by atoms with Crippen molar-refractivity contribution in [3.8, 4) is 0 Å². The number of benzene rings is 5.